The van der Waals surface area contributed by atoms with E-state index in [4.69, 9.17) is 19.6 Å². The monoisotopic (exact) mass is 671 g/mol. The van der Waals surface area contributed by atoms with E-state index < -0.39 is 11.6 Å². The average Bonchev–Trinajstić information content (AvgIpc) is 3.44. The Morgan fingerprint density at radius 1 is 1.00 bits per heavy atom. The van der Waals surface area contributed by atoms with Crippen LogP contribution in [0, 0.1) is 11.6 Å². The van der Waals surface area contributed by atoms with E-state index in [9.17, 15) is 4.79 Å². The number of aromatic nitrogens is 5. The highest BCUT2D eigenvalue weighted by Crippen LogP contribution is 2.32. The van der Waals surface area contributed by atoms with E-state index in [2.05, 4.69) is 37.4 Å². The molecular weight excluding hydrogens is 632 g/mol. The summed E-state index contributed by atoms with van der Waals surface area (Å²) in [7, 11) is 2.13. The van der Waals surface area contributed by atoms with Gasteiger partial charge in [-0.1, -0.05) is 18.2 Å². The first-order chi connectivity index (χ1) is 23.8. The number of pyridine rings is 1. The van der Waals surface area contributed by atoms with Gasteiger partial charge in [-0.3, -0.25) is 9.48 Å². The number of nitrogens with zero attached hydrogens (tertiary/aromatic N) is 7. The second-order valence-electron chi connectivity index (χ2n) is 11.8. The molecule has 256 valence electrons. The third kappa shape index (κ3) is 8.27. The summed E-state index contributed by atoms with van der Waals surface area (Å²) in [4.78, 5) is 30.0. The summed E-state index contributed by atoms with van der Waals surface area (Å²) in [5, 5.41) is 11.4. The summed E-state index contributed by atoms with van der Waals surface area (Å²) < 4.78 is 43.2. The first-order valence-corrected chi connectivity index (χ1v) is 16.3. The predicted octanol–water partition coefficient (Wildman–Crippen LogP) is 5.33. The molecule has 14 heteroatoms. The molecule has 0 unspecified atom stereocenters. The highest BCUT2D eigenvalue weighted by Gasteiger charge is 2.21. The van der Waals surface area contributed by atoms with E-state index >= 15 is 8.78 Å². The van der Waals surface area contributed by atoms with Crippen LogP contribution >= 0.6 is 0 Å². The number of para-hydroxylation sites is 1. The van der Waals surface area contributed by atoms with Crippen LogP contribution in [0.5, 0.6) is 11.5 Å². The van der Waals surface area contributed by atoms with Crippen LogP contribution in [0.2, 0.25) is 0 Å². The number of fused-ring (bicyclic) bond motifs is 1. The fourth-order valence-corrected chi connectivity index (χ4v) is 5.66. The summed E-state index contributed by atoms with van der Waals surface area (Å²) in [5.74, 6) is -0.0959. The number of likely N-dealkylation sites (N-methyl/N-ethyl adjacent to an activating group) is 1. The first kappa shape index (κ1) is 33.7. The highest BCUT2D eigenvalue weighted by molar-refractivity contribution is 5.92. The molecule has 0 radical (unpaired) electrons. The number of anilines is 3. The van der Waals surface area contributed by atoms with Crippen molar-refractivity contribution < 1.29 is 23.0 Å². The maximum absolute atomic E-state index is 15.1. The first-order valence-electron chi connectivity index (χ1n) is 16.3. The quantitative estimate of drug-likeness (QED) is 0.159. The van der Waals surface area contributed by atoms with Gasteiger partial charge < -0.3 is 29.9 Å². The van der Waals surface area contributed by atoms with Gasteiger partial charge in [0, 0.05) is 80.7 Å². The van der Waals surface area contributed by atoms with Gasteiger partial charge in [-0.25, -0.2) is 23.7 Å². The Morgan fingerprint density at radius 3 is 2.53 bits per heavy atom. The van der Waals surface area contributed by atoms with Crippen molar-refractivity contribution in [3.63, 3.8) is 0 Å². The van der Waals surface area contributed by atoms with Gasteiger partial charge in [-0.2, -0.15) is 5.10 Å². The van der Waals surface area contributed by atoms with E-state index in [0.717, 1.165) is 39.1 Å². The Balaban J connectivity index is 1.30. The summed E-state index contributed by atoms with van der Waals surface area (Å²) >= 11 is 0. The number of hydrogen-bond acceptors (Lipinski definition) is 10. The molecule has 6 rings (SSSR count). The van der Waals surface area contributed by atoms with Crippen molar-refractivity contribution in [2.45, 2.75) is 26.8 Å². The van der Waals surface area contributed by atoms with Crippen molar-refractivity contribution in [1.82, 2.24) is 34.5 Å². The van der Waals surface area contributed by atoms with Crippen LogP contribution < -0.4 is 20.1 Å². The fraction of sp³-hybridized carbons (Fsp3) is 0.343. The molecule has 49 heavy (non-hydrogen) atoms. The van der Waals surface area contributed by atoms with Crippen molar-refractivity contribution in [3.8, 4) is 23.0 Å². The Morgan fingerprint density at radius 2 is 1.78 bits per heavy atom. The van der Waals surface area contributed by atoms with Gasteiger partial charge in [0.15, 0.2) is 17.4 Å². The highest BCUT2D eigenvalue weighted by atomic mass is 19.1. The number of carbonyl (C=O) groups is 1. The molecule has 2 aromatic carbocycles. The maximum atomic E-state index is 15.1. The molecule has 1 aliphatic rings. The van der Waals surface area contributed by atoms with Gasteiger partial charge in [-0.05, 0) is 32.5 Å². The molecule has 1 saturated heterocycles. The molecule has 0 spiro atoms. The summed E-state index contributed by atoms with van der Waals surface area (Å²) in [5.41, 5.74) is 1.56. The van der Waals surface area contributed by atoms with Crippen molar-refractivity contribution in [3.05, 3.63) is 78.1 Å². The predicted molar refractivity (Wildman–Crippen MR) is 183 cm³/mol. The van der Waals surface area contributed by atoms with E-state index in [1.54, 1.807) is 31.5 Å². The molecule has 0 saturated carbocycles. The largest absolute Gasteiger partial charge is 0.494 e. The smallest absolute Gasteiger partial charge is 0.222 e. The number of benzene rings is 2. The van der Waals surface area contributed by atoms with E-state index in [1.807, 2.05) is 24.3 Å². The number of rotatable bonds is 13. The van der Waals surface area contributed by atoms with E-state index in [0.29, 0.717) is 52.9 Å². The van der Waals surface area contributed by atoms with Crippen LogP contribution in [0.3, 0.4) is 0 Å². The van der Waals surface area contributed by atoms with Crippen LogP contribution in [0.25, 0.3) is 22.4 Å². The van der Waals surface area contributed by atoms with Gasteiger partial charge in [0.05, 0.1) is 31.5 Å². The van der Waals surface area contributed by atoms with Crippen molar-refractivity contribution in [1.29, 1.82) is 0 Å². The minimum atomic E-state index is -0.725. The molecule has 12 nitrogen and oxygen atoms in total. The molecule has 5 aromatic rings. The lowest BCUT2D eigenvalue weighted by molar-refractivity contribution is -0.114. The molecule has 1 amide bonds. The van der Waals surface area contributed by atoms with Gasteiger partial charge in [-0.15, -0.1) is 0 Å². The molecule has 0 bridgehead atoms. The minimum Gasteiger partial charge on any atom is -0.494 e. The summed E-state index contributed by atoms with van der Waals surface area (Å²) in [6.07, 6.45) is 3.98. The standard InChI is InChI=1S/C35H39F2N9O3/c1-4-48-25-19-28(36)27(29(37)20-25)22-46-30-9-6-5-8-26(30)33(43-46)35-39-21-31(49-17-7-12-45-15-13-44(3)14-16-45)34(42-35)41-24-10-11-38-32(18-24)40-23(2)47/h5-6,8-11,18-21H,4,7,12-17,22H2,1-3H3,(H2,38,39,40,41,42,47). The normalized spacial score (nSPS) is 13.8. The Labute approximate surface area is 283 Å². The van der Waals surface area contributed by atoms with Crippen molar-refractivity contribution in [2.75, 3.05) is 63.6 Å². The zero-order chi connectivity index (χ0) is 34.3. The number of ether oxygens (including phenoxy) is 2. The van der Waals surface area contributed by atoms with Crippen molar-refractivity contribution >= 4 is 34.1 Å². The Kier molecular flexibility index (Phi) is 10.5. The topological polar surface area (TPSA) is 123 Å². The average molecular weight is 672 g/mol. The number of hydrogen-bond donors (Lipinski definition) is 2. The summed E-state index contributed by atoms with van der Waals surface area (Å²) in [6.45, 7) is 8.81. The third-order valence-electron chi connectivity index (χ3n) is 8.16. The summed E-state index contributed by atoms with van der Waals surface area (Å²) in [6, 6.07) is 13.2. The van der Waals surface area contributed by atoms with Crippen LogP contribution in [0.15, 0.2) is 60.9 Å². The lowest BCUT2D eigenvalue weighted by atomic mass is 10.1. The molecule has 3 aromatic heterocycles. The number of halogens is 2. The number of amides is 1. The van der Waals surface area contributed by atoms with Crippen LogP contribution in [0.4, 0.5) is 26.1 Å². The van der Waals surface area contributed by atoms with Crippen LogP contribution in [-0.4, -0.2) is 93.4 Å². The van der Waals surface area contributed by atoms with E-state index in [-0.39, 0.29) is 29.6 Å². The molecule has 1 aliphatic heterocycles. The van der Waals surface area contributed by atoms with Crippen LogP contribution in [-0.2, 0) is 11.3 Å². The number of piperazine rings is 1. The zero-order valence-electron chi connectivity index (χ0n) is 27.7. The molecule has 0 aliphatic carbocycles. The minimum absolute atomic E-state index is 0.126. The van der Waals surface area contributed by atoms with Gasteiger partial charge in [0.25, 0.3) is 0 Å². The third-order valence-corrected chi connectivity index (χ3v) is 8.16. The Bertz CT molecular complexity index is 1910. The van der Waals surface area contributed by atoms with E-state index in [1.165, 1.54) is 23.7 Å². The van der Waals surface area contributed by atoms with Gasteiger partial charge >= 0.3 is 0 Å². The lowest BCUT2D eigenvalue weighted by Crippen LogP contribution is -2.44. The fourth-order valence-electron chi connectivity index (χ4n) is 5.66. The lowest BCUT2D eigenvalue weighted by Gasteiger charge is -2.32. The van der Waals surface area contributed by atoms with Gasteiger partial charge in [0.1, 0.15) is 28.9 Å². The number of carbonyl (C=O) groups excluding carboxylic acids is 1. The molecule has 2 N–H and O–H groups in total. The number of nitrogens with one attached hydrogen (secondary N) is 2. The zero-order valence-corrected chi connectivity index (χ0v) is 27.7. The van der Waals surface area contributed by atoms with Gasteiger partial charge in [0.2, 0.25) is 5.91 Å². The van der Waals surface area contributed by atoms with Crippen molar-refractivity contribution in [2.24, 2.45) is 0 Å². The second kappa shape index (κ2) is 15.3. The Hall–Kier alpha value is -5.21. The molecule has 0 atom stereocenters. The maximum Gasteiger partial charge on any atom is 0.222 e. The SMILES string of the molecule is CCOc1cc(F)c(Cn2nc(-c3ncc(OCCCN4CCN(C)CC4)c(Nc4ccnc(NC(C)=O)c4)n3)c3ccccc32)c(F)c1. The second-order valence-corrected chi connectivity index (χ2v) is 11.8. The molecule has 4 heterocycles. The molecular formula is C35H39F2N9O3. The molecule has 1 fully saturated rings. The van der Waals surface area contributed by atoms with Crippen LogP contribution in [0.1, 0.15) is 25.8 Å².